The van der Waals surface area contributed by atoms with E-state index in [2.05, 4.69) is 40.1 Å². The smallest absolute Gasteiger partial charge is 0.223 e. The van der Waals surface area contributed by atoms with Gasteiger partial charge in [-0.25, -0.2) is 0 Å². The third-order valence-electron chi connectivity index (χ3n) is 6.30. The number of para-hydroxylation sites is 1. The van der Waals surface area contributed by atoms with Crippen molar-refractivity contribution in [2.75, 3.05) is 37.6 Å². The van der Waals surface area contributed by atoms with E-state index in [1.165, 1.54) is 11.1 Å². The van der Waals surface area contributed by atoms with Crippen molar-refractivity contribution in [3.8, 4) is 6.07 Å². The Hall–Kier alpha value is -2.84. The van der Waals surface area contributed by atoms with Crippen LogP contribution in [-0.4, -0.2) is 48.4 Å². The van der Waals surface area contributed by atoms with Gasteiger partial charge < -0.3 is 9.80 Å². The Bertz CT molecular complexity index is 886. The summed E-state index contributed by atoms with van der Waals surface area (Å²) in [4.78, 5) is 19.3. The summed E-state index contributed by atoms with van der Waals surface area (Å²) in [5.41, 5.74) is 4.41. The van der Waals surface area contributed by atoms with Gasteiger partial charge in [0.25, 0.3) is 0 Å². The van der Waals surface area contributed by atoms with Crippen LogP contribution in [0, 0.1) is 11.3 Å². The highest BCUT2D eigenvalue weighted by molar-refractivity contribution is 5.76. The summed E-state index contributed by atoms with van der Waals surface area (Å²) < 4.78 is 0. The second-order valence-corrected chi connectivity index (χ2v) is 8.29. The van der Waals surface area contributed by atoms with Crippen LogP contribution in [0.4, 0.5) is 5.69 Å². The number of nitrogens with zero attached hydrogens (tertiary/aromatic N) is 4. The van der Waals surface area contributed by atoms with Crippen molar-refractivity contribution in [1.29, 1.82) is 5.26 Å². The number of anilines is 1. The van der Waals surface area contributed by atoms with Gasteiger partial charge in [-0.05, 0) is 42.6 Å². The van der Waals surface area contributed by atoms with E-state index < -0.39 is 0 Å². The Morgan fingerprint density at radius 2 is 1.53 bits per heavy atom. The minimum atomic E-state index is 0.288. The molecule has 2 aliphatic rings. The van der Waals surface area contributed by atoms with Crippen molar-refractivity contribution in [3.05, 3.63) is 65.2 Å². The van der Waals surface area contributed by atoms with Crippen molar-refractivity contribution in [2.45, 2.75) is 38.8 Å². The molecule has 0 radical (unpaired) electrons. The maximum Gasteiger partial charge on any atom is 0.223 e. The minimum absolute atomic E-state index is 0.288. The first-order valence-corrected chi connectivity index (χ1v) is 11.1. The molecule has 2 aromatic carbocycles. The molecule has 0 aromatic heterocycles. The van der Waals surface area contributed by atoms with Crippen LogP contribution in [0.25, 0.3) is 0 Å². The summed E-state index contributed by atoms with van der Waals surface area (Å²) in [5.74, 6) is 0.288. The monoisotopic (exact) mass is 402 g/mol. The third-order valence-corrected chi connectivity index (χ3v) is 6.30. The van der Waals surface area contributed by atoms with Crippen LogP contribution >= 0.6 is 0 Å². The Kier molecular flexibility index (Phi) is 6.66. The number of piperazine rings is 1. The van der Waals surface area contributed by atoms with E-state index in [4.69, 9.17) is 0 Å². The van der Waals surface area contributed by atoms with Crippen molar-refractivity contribution < 1.29 is 4.79 Å². The van der Waals surface area contributed by atoms with Gasteiger partial charge in [-0.1, -0.05) is 42.8 Å². The molecule has 0 unspecified atom stereocenters. The molecule has 1 amide bonds. The van der Waals surface area contributed by atoms with E-state index in [-0.39, 0.29) is 5.91 Å². The quantitative estimate of drug-likeness (QED) is 0.662. The van der Waals surface area contributed by atoms with Crippen LogP contribution in [0.1, 0.15) is 42.4 Å². The Balaban J connectivity index is 1.11. The molecule has 2 aromatic rings. The summed E-state index contributed by atoms with van der Waals surface area (Å²) in [6.07, 6.45) is 3.88. The Morgan fingerprint density at radius 1 is 0.867 bits per heavy atom. The largest absolute Gasteiger partial charge is 0.368 e. The highest BCUT2D eigenvalue weighted by Crippen LogP contribution is 2.23. The average Bonchev–Trinajstić information content (AvgIpc) is 3.24. The molecule has 0 atom stereocenters. The number of hydrogen-bond acceptors (Lipinski definition) is 4. The lowest BCUT2D eigenvalue weighted by Gasteiger charge is -2.36. The molecule has 5 heteroatoms. The van der Waals surface area contributed by atoms with E-state index >= 15 is 0 Å². The van der Waals surface area contributed by atoms with Crippen LogP contribution in [0.3, 0.4) is 0 Å². The summed E-state index contributed by atoms with van der Waals surface area (Å²) in [6, 6.07) is 18.5. The lowest BCUT2D eigenvalue weighted by Crippen LogP contribution is -2.46. The van der Waals surface area contributed by atoms with Gasteiger partial charge in [0.15, 0.2) is 0 Å². The van der Waals surface area contributed by atoms with Crippen molar-refractivity contribution in [2.24, 2.45) is 0 Å². The fourth-order valence-electron chi connectivity index (χ4n) is 4.51. The maximum absolute atomic E-state index is 12.5. The molecule has 1 saturated heterocycles. The molecule has 1 fully saturated rings. The summed E-state index contributed by atoms with van der Waals surface area (Å²) >= 11 is 0. The minimum Gasteiger partial charge on any atom is -0.368 e. The first-order chi connectivity index (χ1) is 14.7. The van der Waals surface area contributed by atoms with Gasteiger partial charge in [-0.3, -0.25) is 9.69 Å². The number of benzene rings is 2. The van der Waals surface area contributed by atoms with E-state index in [0.29, 0.717) is 6.42 Å². The van der Waals surface area contributed by atoms with E-state index in [9.17, 15) is 10.1 Å². The number of carbonyl (C=O) groups is 1. The predicted octanol–water partition coefficient (Wildman–Crippen LogP) is 3.78. The lowest BCUT2D eigenvalue weighted by molar-refractivity contribution is -0.131. The number of carbonyl (C=O) groups excluding carboxylic acids is 1. The summed E-state index contributed by atoms with van der Waals surface area (Å²) in [6.45, 7) is 6.63. The fraction of sp³-hybridized carbons (Fsp3) is 0.440. The maximum atomic E-state index is 12.5. The van der Waals surface area contributed by atoms with E-state index in [1.807, 2.05) is 29.2 Å². The number of amides is 1. The predicted molar refractivity (Wildman–Crippen MR) is 119 cm³/mol. The van der Waals surface area contributed by atoms with Crippen molar-refractivity contribution in [3.63, 3.8) is 0 Å². The van der Waals surface area contributed by atoms with Gasteiger partial charge in [0.05, 0.1) is 11.3 Å². The summed E-state index contributed by atoms with van der Waals surface area (Å²) in [7, 11) is 0. The molecule has 0 bridgehead atoms. The van der Waals surface area contributed by atoms with Gasteiger partial charge >= 0.3 is 0 Å². The third kappa shape index (κ3) is 4.83. The molecule has 2 aliphatic heterocycles. The zero-order chi connectivity index (χ0) is 20.8. The molecule has 4 rings (SSSR count). The molecule has 0 N–H and O–H groups in total. The molecule has 156 valence electrons. The van der Waals surface area contributed by atoms with E-state index in [1.54, 1.807) is 0 Å². The Labute approximate surface area is 179 Å². The normalized spacial score (nSPS) is 16.4. The Morgan fingerprint density at radius 3 is 2.23 bits per heavy atom. The van der Waals surface area contributed by atoms with Crippen molar-refractivity contribution >= 4 is 11.6 Å². The second-order valence-electron chi connectivity index (χ2n) is 8.29. The van der Waals surface area contributed by atoms with Crippen LogP contribution in [-0.2, 0) is 17.9 Å². The van der Waals surface area contributed by atoms with Crippen LogP contribution < -0.4 is 4.90 Å². The zero-order valence-electron chi connectivity index (χ0n) is 17.6. The number of unbranched alkanes of at least 4 members (excludes halogenated alkanes) is 2. The van der Waals surface area contributed by atoms with Gasteiger partial charge in [-0.15, -0.1) is 0 Å². The molecular weight excluding hydrogens is 372 g/mol. The van der Waals surface area contributed by atoms with Gasteiger partial charge in [0, 0.05) is 45.7 Å². The fourth-order valence-corrected chi connectivity index (χ4v) is 4.51. The van der Waals surface area contributed by atoms with Gasteiger partial charge in [0.1, 0.15) is 6.07 Å². The first-order valence-electron chi connectivity index (χ1n) is 11.1. The van der Waals surface area contributed by atoms with E-state index in [0.717, 1.165) is 76.3 Å². The average molecular weight is 403 g/mol. The first kappa shape index (κ1) is 20.4. The van der Waals surface area contributed by atoms with Crippen molar-refractivity contribution in [1.82, 2.24) is 9.80 Å². The number of nitriles is 1. The number of rotatable bonds is 7. The second kappa shape index (κ2) is 9.77. The summed E-state index contributed by atoms with van der Waals surface area (Å²) in [5, 5.41) is 9.31. The standard InChI is InChI=1S/C25H30N4O/c26-18-21-8-5-6-11-24(21)28-16-14-27(15-17-28)13-7-1-2-12-25(30)29-19-22-9-3-4-10-23(22)20-29/h3-6,8-11H,1-2,7,12-17,19-20H2. The molecule has 2 heterocycles. The molecular formula is C25H30N4O. The van der Waals surface area contributed by atoms with Gasteiger partial charge in [-0.2, -0.15) is 5.26 Å². The zero-order valence-corrected chi connectivity index (χ0v) is 17.6. The molecule has 30 heavy (non-hydrogen) atoms. The molecule has 0 aliphatic carbocycles. The SMILES string of the molecule is N#Cc1ccccc1N1CCN(CCCCCC(=O)N2Cc3ccccc3C2)CC1. The van der Waals surface area contributed by atoms with Gasteiger partial charge in [0.2, 0.25) is 5.91 Å². The van der Waals surface area contributed by atoms with Crippen LogP contribution in [0.5, 0.6) is 0 Å². The molecule has 0 spiro atoms. The van der Waals surface area contributed by atoms with Crippen LogP contribution in [0.15, 0.2) is 48.5 Å². The lowest BCUT2D eigenvalue weighted by atomic mass is 10.1. The highest BCUT2D eigenvalue weighted by Gasteiger charge is 2.22. The van der Waals surface area contributed by atoms with Crippen LogP contribution in [0.2, 0.25) is 0 Å². The molecule has 5 nitrogen and oxygen atoms in total. The highest BCUT2D eigenvalue weighted by atomic mass is 16.2. The number of hydrogen-bond donors (Lipinski definition) is 0. The molecule has 0 saturated carbocycles. The topological polar surface area (TPSA) is 50.6 Å². The number of fused-ring (bicyclic) bond motifs is 1.